The van der Waals surface area contributed by atoms with Gasteiger partial charge in [-0.1, -0.05) is 0 Å². The van der Waals surface area contributed by atoms with Gasteiger partial charge in [0.2, 0.25) is 0 Å². The van der Waals surface area contributed by atoms with Gasteiger partial charge in [-0.25, -0.2) is 19.7 Å². The second-order valence-electron chi connectivity index (χ2n) is 8.88. The average molecular weight is 478 g/mol. The van der Waals surface area contributed by atoms with E-state index in [9.17, 15) is 4.79 Å². The molecule has 0 bridgehead atoms. The van der Waals surface area contributed by atoms with Gasteiger partial charge in [-0.3, -0.25) is 0 Å². The van der Waals surface area contributed by atoms with Crippen LogP contribution in [0, 0.1) is 0 Å². The quantitative estimate of drug-likeness (QED) is 0.556. The number of ether oxygens (including phenoxy) is 2. The largest absolute Gasteiger partial charge is 0.493 e. The second kappa shape index (κ2) is 10.2. The van der Waals surface area contributed by atoms with Gasteiger partial charge in [-0.05, 0) is 43.9 Å². The highest BCUT2D eigenvalue weighted by Gasteiger charge is 2.24. The summed E-state index contributed by atoms with van der Waals surface area (Å²) < 4.78 is 10.9. The molecule has 2 amide bonds. The van der Waals surface area contributed by atoms with Crippen LogP contribution in [0.25, 0.3) is 10.9 Å². The lowest BCUT2D eigenvalue weighted by molar-refractivity contribution is 0.246. The maximum Gasteiger partial charge on any atom is 0.319 e. The van der Waals surface area contributed by atoms with Crippen LogP contribution in [-0.4, -0.2) is 67.4 Å². The van der Waals surface area contributed by atoms with Crippen molar-refractivity contribution >= 4 is 34.3 Å². The predicted molar refractivity (Wildman–Crippen MR) is 136 cm³/mol. The lowest BCUT2D eigenvalue weighted by atomic mass is 10.0. The fourth-order valence-electron chi connectivity index (χ4n) is 4.80. The number of hydrogen-bond acceptors (Lipinski definition) is 8. The third-order valence-corrected chi connectivity index (χ3v) is 6.69. The molecule has 0 saturated carbocycles. The number of anilines is 3. The molecule has 10 nitrogen and oxygen atoms in total. The summed E-state index contributed by atoms with van der Waals surface area (Å²) in [7, 11) is 3.23. The number of methoxy groups -OCH3 is 2. The molecule has 2 N–H and O–H groups in total. The van der Waals surface area contributed by atoms with Crippen LogP contribution in [-0.2, 0) is 0 Å². The molecule has 0 radical (unpaired) electrons. The highest BCUT2D eigenvalue weighted by Crippen LogP contribution is 2.35. The number of hydrogen-bond donors (Lipinski definition) is 2. The first kappa shape index (κ1) is 22.9. The first-order valence-corrected chi connectivity index (χ1v) is 12.0. The molecule has 0 aliphatic carbocycles. The summed E-state index contributed by atoms with van der Waals surface area (Å²) in [6.45, 7) is 3.64. The van der Waals surface area contributed by atoms with E-state index < -0.39 is 0 Å². The number of piperidine rings is 1. The zero-order valence-electron chi connectivity index (χ0n) is 20.2. The van der Waals surface area contributed by atoms with Crippen molar-refractivity contribution in [2.24, 2.45) is 0 Å². The van der Waals surface area contributed by atoms with Crippen LogP contribution < -0.4 is 29.9 Å². The number of nitrogens with one attached hydrogen (secondary N) is 2. The van der Waals surface area contributed by atoms with Crippen molar-refractivity contribution in [2.45, 2.75) is 31.7 Å². The maximum atomic E-state index is 12.6. The zero-order valence-corrected chi connectivity index (χ0v) is 20.2. The Morgan fingerprint density at radius 2 is 1.69 bits per heavy atom. The minimum Gasteiger partial charge on any atom is -0.493 e. The van der Waals surface area contributed by atoms with Crippen LogP contribution >= 0.6 is 0 Å². The first-order chi connectivity index (χ1) is 17.1. The van der Waals surface area contributed by atoms with E-state index in [-0.39, 0.29) is 12.1 Å². The smallest absolute Gasteiger partial charge is 0.319 e. The summed E-state index contributed by atoms with van der Waals surface area (Å²) in [5, 5.41) is 6.92. The van der Waals surface area contributed by atoms with Crippen molar-refractivity contribution in [1.29, 1.82) is 0 Å². The van der Waals surface area contributed by atoms with Crippen LogP contribution in [0.2, 0.25) is 0 Å². The summed E-state index contributed by atoms with van der Waals surface area (Å²) in [6, 6.07) is 7.55. The van der Waals surface area contributed by atoms with Gasteiger partial charge in [0, 0.05) is 43.7 Å². The molecular weight excluding hydrogens is 446 g/mol. The number of aromatic nitrogens is 3. The molecule has 2 saturated heterocycles. The number of urea groups is 1. The van der Waals surface area contributed by atoms with Crippen molar-refractivity contribution < 1.29 is 14.3 Å². The Balaban J connectivity index is 1.17. The van der Waals surface area contributed by atoms with Crippen LogP contribution in [0.4, 0.5) is 22.1 Å². The van der Waals surface area contributed by atoms with Gasteiger partial charge in [0.1, 0.15) is 18.0 Å². The maximum absolute atomic E-state index is 12.6. The second-order valence-corrected chi connectivity index (χ2v) is 8.88. The van der Waals surface area contributed by atoms with Crippen LogP contribution in [0.5, 0.6) is 11.5 Å². The topological polar surface area (TPSA) is 105 Å². The first-order valence-electron chi connectivity index (χ1n) is 12.0. The minimum atomic E-state index is -0.205. The van der Waals surface area contributed by atoms with Gasteiger partial charge in [0.15, 0.2) is 11.5 Å². The third-order valence-electron chi connectivity index (χ3n) is 6.69. The molecule has 2 aromatic heterocycles. The number of fused-ring (bicyclic) bond motifs is 1. The van der Waals surface area contributed by atoms with Gasteiger partial charge < -0.3 is 29.9 Å². The summed E-state index contributed by atoms with van der Waals surface area (Å²) in [5.74, 6) is 3.11. The summed E-state index contributed by atoms with van der Waals surface area (Å²) in [6.07, 6.45) is 7.35. The molecule has 0 atom stereocenters. The number of benzene rings is 1. The molecule has 4 heterocycles. The van der Waals surface area contributed by atoms with Gasteiger partial charge >= 0.3 is 6.03 Å². The molecule has 2 aliphatic rings. The van der Waals surface area contributed by atoms with Gasteiger partial charge in [-0.15, -0.1) is 0 Å². The van der Waals surface area contributed by atoms with Gasteiger partial charge in [-0.2, -0.15) is 0 Å². The number of pyridine rings is 1. The van der Waals surface area contributed by atoms with Gasteiger partial charge in [0.05, 0.1) is 31.6 Å². The van der Waals surface area contributed by atoms with E-state index in [4.69, 9.17) is 9.47 Å². The molecule has 1 aromatic carbocycles. The van der Waals surface area contributed by atoms with Crippen molar-refractivity contribution in [3.8, 4) is 11.5 Å². The van der Waals surface area contributed by atoms with E-state index in [1.54, 1.807) is 26.7 Å². The van der Waals surface area contributed by atoms with Crippen molar-refractivity contribution in [1.82, 2.24) is 20.3 Å². The number of carbonyl (C=O) groups is 1. The Morgan fingerprint density at radius 3 is 2.37 bits per heavy atom. The Kier molecular flexibility index (Phi) is 6.69. The van der Waals surface area contributed by atoms with Crippen LogP contribution in [0.15, 0.2) is 36.8 Å². The molecule has 0 spiro atoms. The molecule has 0 unspecified atom stereocenters. The highest BCUT2D eigenvalue weighted by atomic mass is 16.5. The van der Waals surface area contributed by atoms with E-state index in [0.717, 1.165) is 61.6 Å². The van der Waals surface area contributed by atoms with Gasteiger partial charge in [0.25, 0.3) is 0 Å². The monoisotopic (exact) mass is 477 g/mol. The number of amides is 2. The minimum absolute atomic E-state index is 0.0887. The summed E-state index contributed by atoms with van der Waals surface area (Å²) >= 11 is 0. The van der Waals surface area contributed by atoms with E-state index >= 15 is 0 Å². The predicted octanol–water partition coefficient (Wildman–Crippen LogP) is 3.43. The molecule has 10 heteroatoms. The average Bonchev–Trinajstić information content (AvgIpc) is 3.43. The lowest BCUT2D eigenvalue weighted by Gasteiger charge is -2.33. The van der Waals surface area contributed by atoms with Crippen molar-refractivity contribution in [3.63, 3.8) is 0 Å². The summed E-state index contributed by atoms with van der Waals surface area (Å²) in [4.78, 5) is 30.5. The molecule has 5 rings (SSSR count). The molecule has 3 aromatic rings. The van der Waals surface area contributed by atoms with Crippen molar-refractivity contribution in [2.75, 3.05) is 55.5 Å². The Bertz CT molecular complexity index is 1170. The number of carbonyl (C=O) groups excluding carboxylic acids is 1. The third kappa shape index (κ3) is 5.01. The van der Waals surface area contributed by atoms with E-state index in [1.807, 2.05) is 24.3 Å². The highest BCUT2D eigenvalue weighted by molar-refractivity contribution is 5.92. The number of rotatable bonds is 6. The summed E-state index contributed by atoms with van der Waals surface area (Å²) in [5.41, 5.74) is 1.50. The fourth-order valence-corrected chi connectivity index (χ4v) is 4.80. The number of nitrogens with zero attached hydrogens (tertiary/aromatic N) is 5. The fraction of sp³-hybridized carbons (Fsp3) is 0.440. The van der Waals surface area contributed by atoms with E-state index in [0.29, 0.717) is 17.2 Å². The van der Waals surface area contributed by atoms with E-state index in [2.05, 4.69) is 35.4 Å². The van der Waals surface area contributed by atoms with Crippen LogP contribution in [0.3, 0.4) is 0 Å². The lowest BCUT2D eigenvalue weighted by Crippen LogP contribution is -2.46. The van der Waals surface area contributed by atoms with Crippen LogP contribution in [0.1, 0.15) is 25.7 Å². The molecule has 2 fully saturated rings. The Morgan fingerprint density at radius 1 is 0.943 bits per heavy atom. The Hall–Kier alpha value is -3.82. The molecule has 35 heavy (non-hydrogen) atoms. The SMILES string of the molecule is COc1cc2ncnc(N3CCC(NC(=O)Nc4ccc(N5CCCC5)nc4)CC3)c2cc1OC. The Labute approximate surface area is 204 Å². The normalized spacial score (nSPS) is 16.4. The van der Waals surface area contributed by atoms with E-state index in [1.165, 1.54) is 12.8 Å². The van der Waals surface area contributed by atoms with Crippen molar-refractivity contribution in [3.05, 3.63) is 36.8 Å². The molecule has 2 aliphatic heterocycles. The standard InChI is InChI=1S/C25H31N7O3/c1-34-21-13-19-20(14-22(21)35-2)27-16-28-24(19)32-11-7-17(8-12-32)29-25(33)30-18-5-6-23(26-15-18)31-9-3-4-10-31/h5-6,13-17H,3-4,7-12H2,1-2H3,(H2,29,30,33). The molecule has 184 valence electrons. The molecular formula is C25H31N7O3. The zero-order chi connectivity index (χ0) is 24.2.